The van der Waals surface area contributed by atoms with Crippen LogP contribution in [0.25, 0.3) is 0 Å². The van der Waals surface area contributed by atoms with Crippen molar-refractivity contribution in [1.82, 2.24) is 5.32 Å². The number of aliphatic hydroxyl groups excluding tert-OH is 1. The summed E-state index contributed by atoms with van der Waals surface area (Å²) < 4.78 is 23.7. The van der Waals surface area contributed by atoms with Crippen molar-refractivity contribution in [3.63, 3.8) is 0 Å². The highest BCUT2D eigenvalue weighted by molar-refractivity contribution is 7.47. The third-order valence-corrected chi connectivity index (χ3v) is 13.3. The zero-order valence-corrected chi connectivity index (χ0v) is 43.9. The molecule has 0 aromatic rings. The molecule has 0 saturated heterocycles. The number of hydrogen-bond acceptors (Lipinski definition) is 5. The van der Waals surface area contributed by atoms with Gasteiger partial charge in [0.05, 0.1) is 39.9 Å². The summed E-state index contributed by atoms with van der Waals surface area (Å²) in [4.78, 5) is 23.2. The third-order valence-electron chi connectivity index (χ3n) is 12.3. The normalized spacial score (nSPS) is 14.3. The molecule has 0 heterocycles. The van der Waals surface area contributed by atoms with Crippen molar-refractivity contribution >= 4 is 13.7 Å². The fourth-order valence-electron chi connectivity index (χ4n) is 7.99. The minimum atomic E-state index is -4.35. The lowest BCUT2D eigenvalue weighted by atomic mass is 10.0. The summed E-state index contributed by atoms with van der Waals surface area (Å²) in [5.41, 5.74) is 0. The smallest absolute Gasteiger partial charge is 0.387 e. The molecule has 0 radical (unpaired) electrons. The minimum absolute atomic E-state index is 0.0558. The maximum atomic E-state index is 12.9. The number of phosphoric acid groups is 1. The van der Waals surface area contributed by atoms with Crippen molar-refractivity contribution < 1.29 is 32.9 Å². The molecule has 0 spiro atoms. The Morgan fingerprint density at radius 1 is 0.516 bits per heavy atom. The zero-order chi connectivity index (χ0) is 47.1. The number of quaternary nitrogens is 1. The van der Waals surface area contributed by atoms with Crippen LogP contribution in [-0.2, 0) is 18.4 Å². The molecule has 8 nitrogen and oxygen atoms in total. The molecule has 3 unspecified atom stereocenters. The fourth-order valence-corrected chi connectivity index (χ4v) is 8.73. The molecule has 0 saturated carbocycles. The van der Waals surface area contributed by atoms with Gasteiger partial charge < -0.3 is 19.8 Å². The SMILES string of the molecule is CCCCCCCCCCC/C=C\CCCCCCCCCC(=O)NC(COP(=O)(O)OCC[N+](C)(C)C)C(O)/C=C/CC/C=C/CCCCCCCCCCCCCCCCCC. The number of allylic oxidation sites excluding steroid dienone is 5. The lowest BCUT2D eigenvalue weighted by Gasteiger charge is -2.25. The highest BCUT2D eigenvalue weighted by Crippen LogP contribution is 2.43. The Morgan fingerprint density at radius 3 is 1.25 bits per heavy atom. The Bertz CT molecular complexity index is 1140. The number of phosphoric ester groups is 1. The highest BCUT2D eigenvalue weighted by Gasteiger charge is 2.27. The van der Waals surface area contributed by atoms with Gasteiger partial charge in [0.1, 0.15) is 13.2 Å². The predicted molar refractivity (Wildman–Crippen MR) is 277 cm³/mol. The summed E-state index contributed by atoms with van der Waals surface area (Å²) in [6.45, 7) is 4.82. The number of hydrogen-bond donors (Lipinski definition) is 3. The van der Waals surface area contributed by atoms with E-state index in [-0.39, 0.29) is 19.1 Å². The fraction of sp³-hybridized carbons (Fsp3) is 0.873. The van der Waals surface area contributed by atoms with E-state index in [2.05, 4.69) is 43.5 Å². The van der Waals surface area contributed by atoms with Crippen molar-refractivity contribution in [2.45, 2.75) is 270 Å². The van der Waals surface area contributed by atoms with Crippen LogP contribution in [0.2, 0.25) is 0 Å². The summed E-state index contributed by atoms with van der Waals surface area (Å²) in [7, 11) is 1.56. The molecule has 0 aliphatic carbocycles. The van der Waals surface area contributed by atoms with Crippen LogP contribution >= 0.6 is 7.82 Å². The summed E-state index contributed by atoms with van der Waals surface area (Å²) >= 11 is 0. The molecular weight excluding hydrogens is 816 g/mol. The van der Waals surface area contributed by atoms with Crippen molar-refractivity contribution in [1.29, 1.82) is 0 Å². The monoisotopic (exact) mass is 924 g/mol. The number of carbonyl (C=O) groups is 1. The van der Waals surface area contributed by atoms with E-state index in [0.29, 0.717) is 17.4 Å². The topological polar surface area (TPSA) is 105 Å². The number of nitrogens with one attached hydrogen (secondary N) is 1. The number of aliphatic hydroxyl groups is 1. The lowest BCUT2D eigenvalue weighted by Crippen LogP contribution is -2.45. The van der Waals surface area contributed by atoms with E-state index in [9.17, 15) is 19.4 Å². The van der Waals surface area contributed by atoms with Gasteiger partial charge in [0.25, 0.3) is 0 Å². The van der Waals surface area contributed by atoms with Gasteiger partial charge >= 0.3 is 7.82 Å². The second kappa shape index (κ2) is 46.8. The van der Waals surface area contributed by atoms with Gasteiger partial charge in [0.2, 0.25) is 5.91 Å². The van der Waals surface area contributed by atoms with Crippen LogP contribution < -0.4 is 5.32 Å². The van der Waals surface area contributed by atoms with E-state index >= 15 is 0 Å². The van der Waals surface area contributed by atoms with E-state index in [1.165, 1.54) is 199 Å². The van der Waals surface area contributed by atoms with Crippen LogP contribution in [0.4, 0.5) is 0 Å². The molecule has 0 fully saturated rings. The Balaban J connectivity index is 4.31. The quantitative estimate of drug-likeness (QED) is 0.0243. The van der Waals surface area contributed by atoms with Crippen LogP contribution in [0.15, 0.2) is 36.5 Å². The number of nitrogens with zero attached hydrogens (tertiary/aromatic N) is 1. The van der Waals surface area contributed by atoms with Gasteiger partial charge in [-0.25, -0.2) is 4.57 Å². The first-order chi connectivity index (χ1) is 31.0. The number of likely N-dealkylation sites (N-methyl/N-ethyl adjacent to an activating group) is 1. The molecule has 3 N–H and O–H groups in total. The average molecular weight is 924 g/mol. The largest absolute Gasteiger partial charge is 0.472 e. The first-order valence-corrected chi connectivity index (χ1v) is 28.9. The van der Waals surface area contributed by atoms with Gasteiger partial charge in [-0.15, -0.1) is 0 Å². The molecule has 64 heavy (non-hydrogen) atoms. The van der Waals surface area contributed by atoms with Crippen LogP contribution in [-0.4, -0.2) is 73.4 Å². The van der Waals surface area contributed by atoms with Gasteiger partial charge in [-0.05, 0) is 57.8 Å². The summed E-state index contributed by atoms with van der Waals surface area (Å²) in [6, 6.07) is -0.865. The van der Waals surface area contributed by atoms with Crippen LogP contribution in [0.1, 0.15) is 258 Å². The van der Waals surface area contributed by atoms with E-state index in [1.54, 1.807) is 6.08 Å². The Morgan fingerprint density at radius 2 is 0.859 bits per heavy atom. The molecule has 0 aromatic carbocycles. The van der Waals surface area contributed by atoms with Crippen LogP contribution in [0, 0.1) is 0 Å². The molecule has 1 amide bonds. The van der Waals surface area contributed by atoms with Crippen molar-refractivity contribution in [2.75, 3.05) is 40.9 Å². The molecule has 0 aliphatic rings. The standard InChI is InChI=1S/C55H107N2O6P/c1-6-8-10-12-14-16-18-20-22-24-26-28-29-30-32-34-36-38-40-42-44-46-48-54(58)53(52-63-64(60,61)62-51-50-57(3,4)5)56-55(59)49-47-45-43-41-39-37-35-33-31-27-25-23-21-19-17-15-13-11-9-7-2/h27,31,38,40,46,48,53-54,58H,6-26,28-30,32-37,39,41-45,47,49-52H2,1-5H3,(H-,56,59,60,61)/p+1/b31-27-,40-38+,48-46+. The third kappa shape index (κ3) is 48.6. The minimum Gasteiger partial charge on any atom is -0.387 e. The number of rotatable bonds is 50. The van der Waals surface area contributed by atoms with E-state index in [0.717, 1.165) is 38.5 Å². The van der Waals surface area contributed by atoms with E-state index < -0.39 is 20.0 Å². The second-order valence-electron chi connectivity index (χ2n) is 19.9. The van der Waals surface area contributed by atoms with Crippen molar-refractivity contribution in [3.05, 3.63) is 36.5 Å². The number of carbonyl (C=O) groups excluding carboxylic acids is 1. The van der Waals surface area contributed by atoms with Gasteiger partial charge in [0, 0.05) is 6.42 Å². The predicted octanol–water partition coefficient (Wildman–Crippen LogP) is 16.2. The molecule has 378 valence electrons. The van der Waals surface area contributed by atoms with Crippen LogP contribution in [0.5, 0.6) is 0 Å². The maximum absolute atomic E-state index is 12.9. The average Bonchev–Trinajstić information content (AvgIpc) is 3.25. The lowest BCUT2D eigenvalue weighted by molar-refractivity contribution is -0.870. The molecule has 0 bridgehead atoms. The van der Waals surface area contributed by atoms with E-state index in [4.69, 9.17) is 9.05 Å². The van der Waals surface area contributed by atoms with E-state index in [1.807, 2.05) is 27.2 Å². The first kappa shape index (κ1) is 62.7. The molecule has 0 aliphatic heterocycles. The number of unbranched alkanes of at least 4 members (excludes halogenated alkanes) is 33. The van der Waals surface area contributed by atoms with Crippen molar-refractivity contribution in [3.8, 4) is 0 Å². The highest BCUT2D eigenvalue weighted by atomic mass is 31.2. The molecule has 9 heteroatoms. The van der Waals surface area contributed by atoms with Crippen molar-refractivity contribution in [2.24, 2.45) is 0 Å². The molecule has 0 rings (SSSR count). The second-order valence-corrected chi connectivity index (χ2v) is 21.4. The maximum Gasteiger partial charge on any atom is 0.472 e. The summed E-state index contributed by atoms with van der Waals surface area (Å²) in [5.74, 6) is -0.189. The van der Waals surface area contributed by atoms with Gasteiger partial charge in [-0.1, -0.05) is 230 Å². The molecule has 0 aromatic heterocycles. The first-order valence-electron chi connectivity index (χ1n) is 27.4. The Kier molecular flexibility index (Phi) is 45.9. The summed E-state index contributed by atoms with van der Waals surface area (Å²) in [6.07, 6.45) is 59.5. The Labute approximate surface area is 397 Å². The molecule has 3 atom stereocenters. The number of amides is 1. The zero-order valence-electron chi connectivity index (χ0n) is 43.0. The molecular formula is C55H108N2O6P+. The van der Waals surface area contributed by atoms with Gasteiger partial charge in [-0.2, -0.15) is 0 Å². The summed E-state index contributed by atoms with van der Waals surface area (Å²) in [5, 5.41) is 13.9. The van der Waals surface area contributed by atoms with Crippen LogP contribution in [0.3, 0.4) is 0 Å². The van der Waals surface area contributed by atoms with Gasteiger partial charge in [-0.3, -0.25) is 13.8 Å². The van der Waals surface area contributed by atoms with Gasteiger partial charge in [0.15, 0.2) is 0 Å². The Hall–Kier alpha value is -1.28.